The first-order valence-electron chi connectivity index (χ1n) is 11.7. The number of nitrogens with one attached hydrogen (secondary N) is 1. The molecule has 0 atom stereocenters. The Morgan fingerprint density at radius 2 is 1.92 bits per heavy atom. The molecule has 0 aromatic heterocycles. The van der Waals surface area contributed by atoms with Crippen LogP contribution in [0.4, 0.5) is 10.1 Å². The molecule has 1 fully saturated rings. The minimum Gasteiger partial charge on any atom is -0.493 e. The van der Waals surface area contributed by atoms with E-state index in [-0.39, 0.29) is 34.4 Å². The van der Waals surface area contributed by atoms with Gasteiger partial charge in [0.15, 0.2) is 16.6 Å². The van der Waals surface area contributed by atoms with Crippen LogP contribution in [-0.4, -0.2) is 35.1 Å². The van der Waals surface area contributed by atoms with Crippen molar-refractivity contribution < 1.29 is 33.4 Å². The molecule has 1 saturated heterocycles. The number of benzene rings is 3. The van der Waals surface area contributed by atoms with Crippen LogP contribution in [0.3, 0.4) is 0 Å². The molecule has 10 heteroatoms. The zero-order chi connectivity index (χ0) is 28.1. The largest absolute Gasteiger partial charge is 0.493 e. The molecule has 8 nitrogen and oxygen atoms in total. The summed E-state index contributed by atoms with van der Waals surface area (Å²) in [6, 6.07) is 15.0. The zero-order valence-corrected chi connectivity index (χ0v) is 21.6. The molecule has 0 radical (unpaired) electrons. The smallest absolute Gasteiger partial charge is 0.335 e. The average molecular weight is 547 g/mol. The van der Waals surface area contributed by atoms with Gasteiger partial charge in [0.05, 0.1) is 18.4 Å². The van der Waals surface area contributed by atoms with Crippen molar-refractivity contribution in [3.8, 4) is 11.5 Å². The third-order valence-corrected chi connectivity index (χ3v) is 6.06. The molecule has 0 saturated carbocycles. The summed E-state index contributed by atoms with van der Waals surface area (Å²) >= 11 is 5.21. The number of aromatic carboxylic acids is 1. The van der Waals surface area contributed by atoms with Crippen LogP contribution in [0.15, 0.2) is 78.9 Å². The van der Waals surface area contributed by atoms with Crippen molar-refractivity contribution in [1.29, 1.82) is 0 Å². The van der Waals surface area contributed by atoms with E-state index in [0.29, 0.717) is 34.6 Å². The molecule has 0 unspecified atom stereocenters. The zero-order valence-electron chi connectivity index (χ0n) is 20.8. The highest BCUT2D eigenvalue weighted by Gasteiger charge is 2.35. The van der Waals surface area contributed by atoms with Gasteiger partial charge in [0.25, 0.3) is 11.8 Å². The summed E-state index contributed by atoms with van der Waals surface area (Å²) < 4.78 is 25.1. The summed E-state index contributed by atoms with van der Waals surface area (Å²) in [5.41, 5.74) is 1.69. The number of allylic oxidation sites excluding steroid dienone is 1. The maximum atomic E-state index is 13.6. The standard InChI is InChI=1S/C29H23FN2O6S/c1-3-6-19-11-18(14-24(37-2)25(19)38-16-17-7-4-9-21(30)12-17)13-23-26(33)31-29(39)32(27(23)34)22-10-5-8-20(15-22)28(35)36/h3-5,7-15H,1,6,16H2,2H3,(H,35,36)(H,31,33,39). The second kappa shape index (κ2) is 11.7. The number of carboxylic acids is 1. The van der Waals surface area contributed by atoms with Crippen LogP contribution < -0.4 is 19.7 Å². The van der Waals surface area contributed by atoms with E-state index in [0.717, 1.165) is 4.90 Å². The van der Waals surface area contributed by atoms with Gasteiger partial charge in [-0.1, -0.05) is 24.3 Å². The van der Waals surface area contributed by atoms with Crippen molar-refractivity contribution in [1.82, 2.24) is 5.32 Å². The van der Waals surface area contributed by atoms with Gasteiger partial charge in [0.2, 0.25) is 0 Å². The first-order chi connectivity index (χ1) is 18.7. The number of carboxylic acid groups (broad SMARTS) is 1. The van der Waals surface area contributed by atoms with Gasteiger partial charge in [-0.3, -0.25) is 19.8 Å². The number of rotatable bonds is 9. The lowest BCUT2D eigenvalue weighted by molar-refractivity contribution is -0.122. The lowest BCUT2D eigenvalue weighted by Gasteiger charge is -2.29. The molecule has 2 N–H and O–H groups in total. The van der Waals surface area contributed by atoms with E-state index in [1.165, 1.54) is 49.6 Å². The lowest BCUT2D eigenvalue weighted by Crippen LogP contribution is -2.54. The van der Waals surface area contributed by atoms with Gasteiger partial charge < -0.3 is 14.6 Å². The van der Waals surface area contributed by atoms with Gasteiger partial charge in [-0.05, 0) is 78.3 Å². The Bertz CT molecular complexity index is 1530. The van der Waals surface area contributed by atoms with E-state index in [1.807, 2.05) is 0 Å². The van der Waals surface area contributed by atoms with E-state index >= 15 is 0 Å². The third kappa shape index (κ3) is 6.02. The number of thiocarbonyl (C=S) groups is 1. The van der Waals surface area contributed by atoms with Gasteiger partial charge in [-0.2, -0.15) is 0 Å². The molecule has 1 aliphatic rings. The minimum absolute atomic E-state index is 0.0434. The highest BCUT2D eigenvalue weighted by Crippen LogP contribution is 2.35. The van der Waals surface area contributed by atoms with Crippen molar-refractivity contribution in [3.05, 3.63) is 107 Å². The van der Waals surface area contributed by atoms with Crippen molar-refractivity contribution >= 4 is 46.9 Å². The number of amides is 2. The highest BCUT2D eigenvalue weighted by molar-refractivity contribution is 7.80. The highest BCUT2D eigenvalue weighted by atomic mass is 32.1. The van der Waals surface area contributed by atoms with Crippen LogP contribution in [0.2, 0.25) is 0 Å². The molecule has 1 heterocycles. The van der Waals surface area contributed by atoms with Gasteiger partial charge >= 0.3 is 5.97 Å². The van der Waals surface area contributed by atoms with Crippen LogP contribution in [0.5, 0.6) is 11.5 Å². The second-order valence-corrected chi connectivity index (χ2v) is 8.82. The Kier molecular flexibility index (Phi) is 8.16. The van der Waals surface area contributed by atoms with Crippen LogP contribution in [-0.2, 0) is 22.6 Å². The number of anilines is 1. The lowest BCUT2D eigenvalue weighted by atomic mass is 10.0. The fraction of sp³-hybridized carbons (Fsp3) is 0.103. The van der Waals surface area contributed by atoms with E-state index in [9.17, 15) is 23.9 Å². The van der Waals surface area contributed by atoms with Crippen molar-refractivity contribution in [3.63, 3.8) is 0 Å². The number of halogens is 1. The van der Waals surface area contributed by atoms with Crippen molar-refractivity contribution in [2.75, 3.05) is 12.0 Å². The van der Waals surface area contributed by atoms with E-state index < -0.39 is 17.8 Å². The summed E-state index contributed by atoms with van der Waals surface area (Å²) in [6.45, 7) is 3.87. The molecule has 3 aromatic carbocycles. The van der Waals surface area contributed by atoms with E-state index in [1.54, 1.807) is 30.3 Å². The number of hydrogen-bond acceptors (Lipinski definition) is 6. The van der Waals surface area contributed by atoms with Gasteiger partial charge in [-0.15, -0.1) is 6.58 Å². The summed E-state index contributed by atoms with van der Waals surface area (Å²) in [4.78, 5) is 38.7. The van der Waals surface area contributed by atoms with E-state index in [4.69, 9.17) is 21.7 Å². The average Bonchev–Trinajstić information content (AvgIpc) is 2.90. The Balaban J connectivity index is 1.71. The monoisotopic (exact) mass is 546 g/mol. The maximum absolute atomic E-state index is 13.6. The minimum atomic E-state index is -1.17. The SMILES string of the molecule is C=CCc1cc(C=C2C(=O)NC(=S)N(c3cccc(C(=O)O)c3)C2=O)cc(OC)c1OCc1cccc(F)c1. The number of carbonyl (C=O) groups is 3. The summed E-state index contributed by atoms with van der Waals surface area (Å²) in [5.74, 6) is -2.23. The molecule has 39 heavy (non-hydrogen) atoms. The first-order valence-corrected chi connectivity index (χ1v) is 12.1. The topological polar surface area (TPSA) is 105 Å². The van der Waals surface area contributed by atoms with Gasteiger partial charge in [0.1, 0.15) is 18.0 Å². The summed E-state index contributed by atoms with van der Waals surface area (Å²) in [6.07, 6.45) is 3.43. The predicted molar refractivity (Wildman–Crippen MR) is 147 cm³/mol. The normalized spacial score (nSPS) is 14.3. The van der Waals surface area contributed by atoms with E-state index in [2.05, 4.69) is 11.9 Å². The third-order valence-electron chi connectivity index (χ3n) is 5.77. The predicted octanol–water partition coefficient (Wildman–Crippen LogP) is 4.67. The first kappa shape index (κ1) is 27.2. The fourth-order valence-corrected chi connectivity index (χ4v) is 4.29. The Morgan fingerprint density at radius 1 is 1.15 bits per heavy atom. The number of ether oxygens (including phenoxy) is 2. The van der Waals surface area contributed by atoms with Crippen LogP contribution in [0, 0.1) is 5.82 Å². The number of carbonyl (C=O) groups excluding carboxylic acids is 2. The second-order valence-electron chi connectivity index (χ2n) is 8.44. The molecule has 2 amide bonds. The number of methoxy groups -OCH3 is 1. The van der Waals surface area contributed by atoms with Crippen LogP contribution in [0.25, 0.3) is 6.08 Å². The molecule has 1 aliphatic heterocycles. The molecular formula is C29H23FN2O6S. The van der Waals surface area contributed by atoms with Gasteiger partial charge in [0, 0.05) is 5.56 Å². The molecule has 198 valence electrons. The Labute approximate surface area is 229 Å². The fourth-order valence-electron chi connectivity index (χ4n) is 4.01. The molecule has 4 rings (SSSR count). The maximum Gasteiger partial charge on any atom is 0.335 e. The van der Waals surface area contributed by atoms with Crippen molar-refractivity contribution in [2.24, 2.45) is 0 Å². The molecule has 0 spiro atoms. The summed E-state index contributed by atoms with van der Waals surface area (Å²) in [5, 5.41) is 11.6. The summed E-state index contributed by atoms with van der Waals surface area (Å²) in [7, 11) is 1.45. The van der Waals surface area contributed by atoms with Crippen LogP contribution >= 0.6 is 12.2 Å². The van der Waals surface area contributed by atoms with Crippen molar-refractivity contribution in [2.45, 2.75) is 13.0 Å². The number of nitrogens with zero attached hydrogens (tertiary/aromatic N) is 1. The van der Waals surface area contributed by atoms with Gasteiger partial charge in [-0.25, -0.2) is 9.18 Å². The quantitative estimate of drug-likeness (QED) is 0.174. The Morgan fingerprint density at radius 3 is 2.62 bits per heavy atom. The molecule has 3 aromatic rings. The van der Waals surface area contributed by atoms with Crippen LogP contribution in [0.1, 0.15) is 27.0 Å². The Hall–Kier alpha value is -4.83. The molecule has 0 aliphatic carbocycles. The molecular weight excluding hydrogens is 523 g/mol. The number of hydrogen-bond donors (Lipinski definition) is 2. The molecule has 0 bridgehead atoms.